The van der Waals surface area contributed by atoms with Crippen LogP contribution < -0.4 is 0 Å². The fourth-order valence-corrected chi connectivity index (χ4v) is 0.979. The van der Waals surface area contributed by atoms with Crippen LogP contribution in [0.2, 0.25) is 0 Å². The van der Waals surface area contributed by atoms with Gasteiger partial charge in [-0.2, -0.15) is 5.26 Å². The minimum atomic E-state index is -0.665. The van der Waals surface area contributed by atoms with Crippen LogP contribution in [0.4, 0.5) is 5.69 Å². The van der Waals surface area contributed by atoms with Crippen molar-refractivity contribution in [3.05, 3.63) is 39.4 Å². The zero-order chi connectivity index (χ0) is 11.3. The number of hydrogen-bond acceptors (Lipinski definition) is 4. The Balaban J connectivity index is 3.29. The molecule has 0 saturated carbocycles. The number of carbonyl (C=O) groups is 1. The first-order valence-electron chi connectivity index (χ1n) is 3.82. The molecule has 0 fully saturated rings. The third-order valence-electron chi connectivity index (χ3n) is 1.62. The highest BCUT2D eigenvalue weighted by molar-refractivity contribution is 5.81. The quantitative estimate of drug-likeness (QED) is 0.311. The first-order valence-corrected chi connectivity index (χ1v) is 3.82. The molecule has 1 aromatic carbocycles. The van der Waals surface area contributed by atoms with Gasteiger partial charge in [0.1, 0.15) is 0 Å². The van der Waals surface area contributed by atoms with Crippen LogP contribution in [-0.4, -0.2) is 11.2 Å². The Morgan fingerprint density at radius 2 is 2.20 bits per heavy atom. The van der Waals surface area contributed by atoms with Gasteiger partial charge in [-0.15, -0.1) is 0 Å². The Morgan fingerprint density at radius 1 is 1.47 bits per heavy atom. The molecule has 0 radical (unpaired) electrons. The van der Waals surface area contributed by atoms with E-state index in [9.17, 15) is 14.9 Å². The second-order valence-electron chi connectivity index (χ2n) is 2.51. The molecule has 0 amide bonds. The molecule has 72 valence electrons. The molecule has 0 saturated heterocycles. The number of carbonyl (C=O) groups excluding carboxylic acids is 1. The lowest BCUT2D eigenvalue weighted by atomic mass is 10.1. The predicted molar refractivity (Wildman–Crippen MR) is 51.0 cm³/mol. The van der Waals surface area contributed by atoms with Crippen LogP contribution in [0.5, 0.6) is 0 Å². The maximum atomic E-state index is 10.5. The Labute approximate surface area is 85.1 Å². The third-order valence-corrected chi connectivity index (χ3v) is 1.62. The van der Waals surface area contributed by atoms with Gasteiger partial charge in [0.15, 0.2) is 12.4 Å². The van der Waals surface area contributed by atoms with Crippen LogP contribution in [0.25, 0.3) is 0 Å². The van der Waals surface area contributed by atoms with E-state index in [0.29, 0.717) is 11.8 Å². The highest BCUT2D eigenvalue weighted by atomic mass is 16.6. The number of hydrogen-bond donors (Lipinski definition) is 0. The summed E-state index contributed by atoms with van der Waals surface area (Å²) in [7, 11) is 0. The maximum Gasteiger partial charge on any atom is 0.281 e. The van der Waals surface area contributed by atoms with Crippen LogP contribution in [-0.2, 0) is 0 Å². The molecular formula is C10H4N2O3. The molecule has 0 atom stereocenters. The van der Waals surface area contributed by atoms with E-state index in [-0.39, 0.29) is 11.3 Å². The standard InChI is InChI=1S/C10H4N2O3/c11-5-1-2-8-3-4-9(7-13)10(6-8)12(14)15/h3-4,6-7H. The molecule has 1 aromatic rings. The van der Waals surface area contributed by atoms with Crippen molar-refractivity contribution in [2.24, 2.45) is 0 Å². The summed E-state index contributed by atoms with van der Waals surface area (Å²) in [5.74, 6) is 4.52. The molecule has 0 spiro atoms. The molecule has 0 heterocycles. The van der Waals surface area contributed by atoms with Crippen molar-refractivity contribution in [3.8, 4) is 17.9 Å². The number of nitrogens with zero attached hydrogens (tertiary/aromatic N) is 2. The molecule has 0 aliphatic heterocycles. The summed E-state index contributed by atoms with van der Waals surface area (Å²) in [4.78, 5) is 20.3. The highest BCUT2D eigenvalue weighted by Crippen LogP contribution is 2.17. The van der Waals surface area contributed by atoms with Crippen LogP contribution >= 0.6 is 0 Å². The summed E-state index contributed by atoms with van der Waals surface area (Å²) in [6.45, 7) is 0. The van der Waals surface area contributed by atoms with E-state index in [4.69, 9.17) is 5.26 Å². The van der Waals surface area contributed by atoms with Crippen LogP contribution in [0, 0.1) is 33.3 Å². The summed E-state index contributed by atoms with van der Waals surface area (Å²) >= 11 is 0. The van der Waals surface area contributed by atoms with Crippen molar-refractivity contribution in [2.45, 2.75) is 0 Å². The lowest BCUT2D eigenvalue weighted by Crippen LogP contribution is -1.94. The van der Waals surface area contributed by atoms with E-state index in [1.807, 2.05) is 0 Å². The molecule has 0 aliphatic carbocycles. The van der Waals surface area contributed by atoms with Crippen molar-refractivity contribution in [1.29, 1.82) is 5.26 Å². The molecule has 0 unspecified atom stereocenters. The summed E-state index contributed by atoms with van der Waals surface area (Å²) < 4.78 is 0. The summed E-state index contributed by atoms with van der Waals surface area (Å²) in [6, 6.07) is 5.50. The zero-order valence-corrected chi connectivity index (χ0v) is 7.43. The monoisotopic (exact) mass is 200 g/mol. The normalized spacial score (nSPS) is 8.20. The second-order valence-corrected chi connectivity index (χ2v) is 2.51. The summed E-state index contributed by atoms with van der Waals surface area (Å²) in [5, 5.41) is 18.7. The van der Waals surface area contributed by atoms with E-state index < -0.39 is 4.92 Å². The average molecular weight is 200 g/mol. The minimum absolute atomic E-state index is 0.0116. The molecule has 0 bridgehead atoms. The van der Waals surface area contributed by atoms with E-state index in [2.05, 4.69) is 11.8 Å². The number of nitro benzene ring substituents is 1. The smallest absolute Gasteiger partial charge is 0.281 e. The molecule has 1 rings (SSSR count). The first-order chi connectivity index (χ1) is 7.19. The number of nitro groups is 1. The summed E-state index contributed by atoms with van der Waals surface area (Å²) in [6.07, 6.45) is 0.402. The summed E-state index contributed by atoms with van der Waals surface area (Å²) in [5.41, 5.74) is 0.00565. The number of nitriles is 1. The van der Waals surface area contributed by atoms with Gasteiger partial charge in [0.2, 0.25) is 0 Å². The largest absolute Gasteiger partial charge is 0.298 e. The van der Waals surface area contributed by atoms with Gasteiger partial charge in [0, 0.05) is 17.6 Å². The van der Waals surface area contributed by atoms with Gasteiger partial charge in [-0.3, -0.25) is 14.9 Å². The van der Waals surface area contributed by atoms with Gasteiger partial charge in [-0.05, 0) is 12.1 Å². The SMILES string of the molecule is N#CC#Cc1ccc(C=O)c([N+](=O)[O-])c1. The van der Waals surface area contributed by atoms with Crippen LogP contribution in [0.15, 0.2) is 18.2 Å². The van der Waals surface area contributed by atoms with Crippen LogP contribution in [0.3, 0.4) is 0 Å². The Kier molecular flexibility index (Phi) is 3.15. The van der Waals surface area contributed by atoms with Crippen LogP contribution in [0.1, 0.15) is 15.9 Å². The molecule has 15 heavy (non-hydrogen) atoms. The van der Waals surface area contributed by atoms with Crippen molar-refractivity contribution < 1.29 is 9.72 Å². The molecular weight excluding hydrogens is 196 g/mol. The zero-order valence-electron chi connectivity index (χ0n) is 7.43. The molecule has 5 heteroatoms. The van der Waals surface area contributed by atoms with Gasteiger partial charge in [0.25, 0.3) is 5.69 Å². The first kappa shape index (κ1) is 10.4. The average Bonchev–Trinajstić information content (AvgIpc) is 2.25. The van der Waals surface area contributed by atoms with Crippen molar-refractivity contribution in [1.82, 2.24) is 0 Å². The van der Waals surface area contributed by atoms with E-state index in [0.717, 1.165) is 6.07 Å². The lowest BCUT2D eigenvalue weighted by Gasteiger charge is -1.95. The third kappa shape index (κ3) is 2.39. The van der Waals surface area contributed by atoms with Crippen molar-refractivity contribution >= 4 is 12.0 Å². The van der Waals surface area contributed by atoms with E-state index in [1.54, 1.807) is 6.07 Å². The van der Waals surface area contributed by atoms with Crippen molar-refractivity contribution in [3.63, 3.8) is 0 Å². The Bertz CT molecular complexity index is 518. The lowest BCUT2D eigenvalue weighted by molar-refractivity contribution is -0.385. The molecule has 0 N–H and O–H groups in total. The van der Waals surface area contributed by atoms with Crippen molar-refractivity contribution in [2.75, 3.05) is 0 Å². The number of aldehydes is 1. The van der Waals surface area contributed by atoms with Gasteiger partial charge in [-0.25, -0.2) is 0 Å². The van der Waals surface area contributed by atoms with Gasteiger partial charge < -0.3 is 0 Å². The second kappa shape index (κ2) is 4.54. The minimum Gasteiger partial charge on any atom is -0.298 e. The molecule has 5 nitrogen and oxygen atoms in total. The number of rotatable bonds is 2. The van der Waals surface area contributed by atoms with E-state index in [1.165, 1.54) is 12.1 Å². The fraction of sp³-hybridized carbons (Fsp3) is 0. The van der Waals surface area contributed by atoms with Gasteiger partial charge >= 0.3 is 0 Å². The maximum absolute atomic E-state index is 10.5. The Hall–Kier alpha value is -2.66. The van der Waals surface area contributed by atoms with Gasteiger partial charge in [0.05, 0.1) is 10.5 Å². The number of benzene rings is 1. The molecule has 0 aromatic heterocycles. The Morgan fingerprint density at radius 3 is 2.73 bits per heavy atom. The predicted octanol–water partition coefficient (Wildman–Crippen LogP) is 1.28. The fourth-order valence-electron chi connectivity index (χ4n) is 0.979. The molecule has 0 aliphatic rings. The topological polar surface area (TPSA) is 84.0 Å². The van der Waals surface area contributed by atoms with E-state index >= 15 is 0 Å². The highest BCUT2D eigenvalue weighted by Gasteiger charge is 2.12. The van der Waals surface area contributed by atoms with Gasteiger partial charge in [-0.1, -0.05) is 5.92 Å².